The van der Waals surface area contributed by atoms with Gasteiger partial charge in [-0.15, -0.1) is 5.10 Å². The molecule has 20 heavy (non-hydrogen) atoms. The molecule has 0 radical (unpaired) electrons. The van der Waals surface area contributed by atoms with E-state index in [0.29, 0.717) is 10.7 Å². The molecule has 1 amide bonds. The third kappa shape index (κ3) is 3.79. The Kier molecular flexibility index (Phi) is 4.66. The van der Waals surface area contributed by atoms with Crippen molar-refractivity contribution in [2.24, 2.45) is 12.1 Å². The molecule has 0 atom stereocenters. The molecule has 9 heteroatoms. The molecule has 1 aromatic heterocycles. The number of thioether (sulfide) groups is 1. The second-order valence-electron chi connectivity index (χ2n) is 3.73. The summed E-state index contributed by atoms with van der Waals surface area (Å²) in [7, 11) is 1.69. The molecule has 0 spiro atoms. The van der Waals surface area contributed by atoms with E-state index in [2.05, 4.69) is 26.1 Å². The first-order valence-corrected chi connectivity index (χ1v) is 6.60. The highest BCUT2D eigenvalue weighted by Gasteiger charge is 2.06. The van der Waals surface area contributed by atoms with E-state index < -0.39 is 0 Å². The molecule has 1 heterocycles. The van der Waals surface area contributed by atoms with Gasteiger partial charge in [0.15, 0.2) is 0 Å². The lowest BCUT2D eigenvalue weighted by molar-refractivity contribution is -0.118. The third-order valence-electron chi connectivity index (χ3n) is 2.24. The Morgan fingerprint density at radius 3 is 3.05 bits per heavy atom. The van der Waals surface area contributed by atoms with Gasteiger partial charge in [0.1, 0.15) is 5.75 Å². The molecule has 0 aliphatic carbocycles. The van der Waals surface area contributed by atoms with Crippen LogP contribution in [0.25, 0.3) is 0 Å². The van der Waals surface area contributed by atoms with Gasteiger partial charge >= 0.3 is 0 Å². The number of nitrogens with one attached hydrogen (secondary N) is 1. The standard InChI is InChI=1S/C11H12N6O2S/c1-17-11(14-15-16-17)20-7-10(19)13-12-6-8-4-2-3-5-9(8)18/h2-6,18H,7H2,1H3,(H,13,19)/b12-6+. The fourth-order valence-corrected chi connectivity index (χ4v) is 1.92. The molecule has 0 aliphatic heterocycles. The number of aromatic hydroxyl groups is 1. The van der Waals surface area contributed by atoms with E-state index in [1.54, 1.807) is 31.3 Å². The number of phenolic OH excluding ortho intramolecular Hbond substituents is 1. The minimum atomic E-state index is -0.287. The lowest BCUT2D eigenvalue weighted by Gasteiger charge is -1.99. The topological polar surface area (TPSA) is 105 Å². The molecule has 2 aromatic rings. The number of tetrazole rings is 1. The minimum absolute atomic E-state index is 0.102. The highest BCUT2D eigenvalue weighted by atomic mass is 32.2. The predicted octanol–water partition coefficient (Wildman–Crippen LogP) is 0.158. The van der Waals surface area contributed by atoms with Gasteiger partial charge in [0, 0.05) is 12.6 Å². The van der Waals surface area contributed by atoms with Gasteiger partial charge in [-0.3, -0.25) is 4.79 Å². The average Bonchev–Trinajstić information content (AvgIpc) is 2.84. The normalized spacial score (nSPS) is 10.8. The summed E-state index contributed by atoms with van der Waals surface area (Å²) in [6.07, 6.45) is 1.38. The molecule has 1 aromatic carbocycles. The van der Waals surface area contributed by atoms with Crippen LogP contribution >= 0.6 is 11.8 Å². The Labute approximate surface area is 118 Å². The number of hydrazone groups is 1. The summed E-state index contributed by atoms with van der Waals surface area (Å²) in [4.78, 5) is 11.5. The van der Waals surface area contributed by atoms with Crippen molar-refractivity contribution in [3.05, 3.63) is 29.8 Å². The summed E-state index contributed by atoms with van der Waals surface area (Å²) in [6.45, 7) is 0. The average molecular weight is 292 g/mol. The van der Waals surface area contributed by atoms with Gasteiger partial charge in [-0.25, -0.2) is 10.1 Å². The van der Waals surface area contributed by atoms with Crippen LogP contribution in [0, 0.1) is 0 Å². The first-order valence-electron chi connectivity index (χ1n) is 5.62. The number of benzene rings is 1. The number of para-hydroxylation sites is 1. The summed E-state index contributed by atoms with van der Waals surface area (Å²) in [6, 6.07) is 6.70. The summed E-state index contributed by atoms with van der Waals surface area (Å²) in [5.74, 6) is -0.0403. The summed E-state index contributed by atoms with van der Waals surface area (Å²) < 4.78 is 1.48. The summed E-state index contributed by atoms with van der Waals surface area (Å²) in [5.41, 5.74) is 2.89. The predicted molar refractivity (Wildman–Crippen MR) is 73.4 cm³/mol. The fourth-order valence-electron chi connectivity index (χ4n) is 1.28. The number of carbonyl (C=O) groups is 1. The summed E-state index contributed by atoms with van der Waals surface area (Å²) >= 11 is 1.20. The number of aromatic nitrogens is 4. The maximum absolute atomic E-state index is 11.5. The molecule has 8 nitrogen and oxygen atoms in total. The molecular formula is C11H12N6O2S. The molecule has 0 saturated carbocycles. The molecule has 0 aliphatic rings. The van der Waals surface area contributed by atoms with Crippen molar-refractivity contribution >= 4 is 23.9 Å². The van der Waals surface area contributed by atoms with Crippen molar-refractivity contribution in [3.8, 4) is 5.75 Å². The van der Waals surface area contributed by atoms with Crippen molar-refractivity contribution < 1.29 is 9.90 Å². The van der Waals surface area contributed by atoms with Crippen LogP contribution < -0.4 is 5.43 Å². The fraction of sp³-hybridized carbons (Fsp3) is 0.182. The van der Waals surface area contributed by atoms with E-state index in [0.717, 1.165) is 0 Å². The van der Waals surface area contributed by atoms with Crippen LogP contribution in [0.2, 0.25) is 0 Å². The highest BCUT2D eigenvalue weighted by Crippen LogP contribution is 2.13. The first kappa shape index (κ1) is 14.0. The molecular weight excluding hydrogens is 280 g/mol. The SMILES string of the molecule is Cn1nnnc1SCC(=O)N/N=C/c1ccccc1O. The second kappa shape index (κ2) is 6.66. The van der Waals surface area contributed by atoms with E-state index in [4.69, 9.17) is 0 Å². The maximum Gasteiger partial charge on any atom is 0.250 e. The van der Waals surface area contributed by atoms with E-state index >= 15 is 0 Å². The molecule has 2 N–H and O–H groups in total. The van der Waals surface area contributed by atoms with Crippen molar-refractivity contribution in [1.29, 1.82) is 0 Å². The Hall–Kier alpha value is -2.42. The highest BCUT2D eigenvalue weighted by molar-refractivity contribution is 7.99. The molecule has 0 saturated heterocycles. The zero-order valence-corrected chi connectivity index (χ0v) is 11.4. The third-order valence-corrected chi connectivity index (χ3v) is 3.25. The number of rotatable bonds is 5. The zero-order valence-electron chi connectivity index (χ0n) is 10.6. The molecule has 2 rings (SSSR count). The lowest BCUT2D eigenvalue weighted by Crippen LogP contribution is -2.19. The van der Waals surface area contributed by atoms with Gasteiger partial charge in [-0.2, -0.15) is 5.10 Å². The van der Waals surface area contributed by atoms with Crippen molar-refractivity contribution in [2.45, 2.75) is 5.16 Å². The Bertz CT molecular complexity index is 627. The Morgan fingerprint density at radius 1 is 1.55 bits per heavy atom. The van der Waals surface area contributed by atoms with Gasteiger partial charge in [0.05, 0.1) is 12.0 Å². The number of hydrogen-bond donors (Lipinski definition) is 2. The van der Waals surface area contributed by atoms with Crippen molar-refractivity contribution in [1.82, 2.24) is 25.6 Å². The van der Waals surface area contributed by atoms with Gasteiger partial charge in [-0.1, -0.05) is 23.9 Å². The van der Waals surface area contributed by atoms with E-state index in [9.17, 15) is 9.90 Å². The van der Waals surface area contributed by atoms with E-state index in [-0.39, 0.29) is 17.4 Å². The van der Waals surface area contributed by atoms with Crippen LogP contribution in [0.15, 0.2) is 34.5 Å². The number of nitrogens with zero attached hydrogens (tertiary/aromatic N) is 5. The van der Waals surface area contributed by atoms with Crippen LogP contribution in [-0.2, 0) is 11.8 Å². The van der Waals surface area contributed by atoms with Crippen LogP contribution in [-0.4, -0.2) is 43.2 Å². The smallest absolute Gasteiger partial charge is 0.250 e. The lowest BCUT2D eigenvalue weighted by atomic mass is 10.2. The number of amides is 1. The van der Waals surface area contributed by atoms with Crippen molar-refractivity contribution in [2.75, 3.05) is 5.75 Å². The molecule has 0 bridgehead atoms. The minimum Gasteiger partial charge on any atom is -0.507 e. The van der Waals surface area contributed by atoms with E-state index in [1.165, 1.54) is 22.7 Å². The van der Waals surface area contributed by atoms with Crippen LogP contribution in [0.3, 0.4) is 0 Å². The second-order valence-corrected chi connectivity index (χ2v) is 4.67. The van der Waals surface area contributed by atoms with Gasteiger partial charge in [0.25, 0.3) is 5.91 Å². The number of phenols is 1. The van der Waals surface area contributed by atoms with Crippen LogP contribution in [0.4, 0.5) is 0 Å². The number of carbonyl (C=O) groups excluding carboxylic acids is 1. The van der Waals surface area contributed by atoms with Gasteiger partial charge in [0.2, 0.25) is 5.16 Å². The zero-order chi connectivity index (χ0) is 14.4. The molecule has 0 fully saturated rings. The molecule has 0 unspecified atom stereocenters. The van der Waals surface area contributed by atoms with Crippen LogP contribution in [0.5, 0.6) is 5.75 Å². The van der Waals surface area contributed by atoms with E-state index in [1.807, 2.05) is 0 Å². The van der Waals surface area contributed by atoms with Crippen LogP contribution in [0.1, 0.15) is 5.56 Å². The Balaban J connectivity index is 1.81. The van der Waals surface area contributed by atoms with Crippen molar-refractivity contribution in [3.63, 3.8) is 0 Å². The molecule has 104 valence electrons. The number of hydrogen-bond acceptors (Lipinski definition) is 7. The largest absolute Gasteiger partial charge is 0.507 e. The van der Waals surface area contributed by atoms with Gasteiger partial charge < -0.3 is 5.11 Å². The number of aryl methyl sites for hydroxylation is 1. The first-order chi connectivity index (χ1) is 9.66. The summed E-state index contributed by atoms with van der Waals surface area (Å²) in [5, 5.41) is 24.7. The van der Waals surface area contributed by atoms with Gasteiger partial charge in [-0.05, 0) is 22.6 Å². The maximum atomic E-state index is 11.5. The Morgan fingerprint density at radius 2 is 2.35 bits per heavy atom. The monoisotopic (exact) mass is 292 g/mol. The quantitative estimate of drug-likeness (QED) is 0.462.